The fourth-order valence-corrected chi connectivity index (χ4v) is 2.88. The van der Waals surface area contributed by atoms with Gasteiger partial charge in [-0.2, -0.15) is 11.3 Å². The SMILES string of the molecule is O=C(NCCC(=O)N1CCC[C@@H]1C(=O)O)c1ccsc1. The van der Waals surface area contributed by atoms with Gasteiger partial charge in [-0.05, 0) is 24.3 Å². The summed E-state index contributed by atoms with van der Waals surface area (Å²) < 4.78 is 0. The first-order chi connectivity index (χ1) is 9.59. The third-order valence-corrected chi connectivity index (χ3v) is 3.95. The molecule has 0 aliphatic carbocycles. The van der Waals surface area contributed by atoms with Gasteiger partial charge in [-0.15, -0.1) is 0 Å². The minimum atomic E-state index is -0.960. The molecule has 0 saturated carbocycles. The zero-order valence-corrected chi connectivity index (χ0v) is 11.7. The average molecular weight is 296 g/mol. The maximum Gasteiger partial charge on any atom is 0.326 e. The number of likely N-dealkylation sites (tertiary alicyclic amines) is 1. The van der Waals surface area contributed by atoms with E-state index < -0.39 is 12.0 Å². The molecule has 1 aromatic rings. The maximum absolute atomic E-state index is 11.9. The van der Waals surface area contributed by atoms with Crippen molar-refractivity contribution in [1.29, 1.82) is 0 Å². The molecule has 1 atom stereocenters. The predicted molar refractivity (Wildman–Crippen MR) is 73.6 cm³/mol. The van der Waals surface area contributed by atoms with Crippen LogP contribution in [0.4, 0.5) is 0 Å². The van der Waals surface area contributed by atoms with Crippen LogP contribution in [0, 0.1) is 0 Å². The second-order valence-electron chi connectivity index (χ2n) is 4.60. The van der Waals surface area contributed by atoms with Crippen LogP contribution in [0.25, 0.3) is 0 Å². The van der Waals surface area contributed by atoms with Gasteiger partial charge in [0.05, 0.1) is 0 Å². The number of carbonyl (C=O) groups excluding carboxylic acids is 2. The third kappa shape index (κ3) is 3.36. The number of aliphatic carboxylic acids is 1. The lowest BCUT2D eigenvalue weighted by Gasteiger charge is -2.21. The number of carbonyl (C=O) groups is 3. The number of hydrogen-bond donors (Lipinski definition) is 2. The molecule has 6 nitrogen and oxygen atoms in total. The Labute approximate surface area is 120 Å². The first kappa shape index (κ1) is 14.5. The topological polar surface area (TPSA) is 86.7 Å². The number of carboxylic acid groups (broad SMARTS) is 1. The molecule has 108 valence electrons. The van der Waals surface area contributed by atoms with E-state index in [-0.39, 0.29) is 24.8 Å². The van der Waals surface area contributed by atoms with Crippen LogP contribution in [0.2, 0.25) is 0 Å². The molecule has 20 heavy (non-hydrogen) atoms. The molecule has 0 radical (unpaired) electrons. The molecule has 1 aliphatic rings. The van der Waals surface area contributed by atoms with Gasteiger partial charge in [0.2, 0.25) is 5.91 Å². The molecule has 2 N–H and O–H groups in total. The predicted octanol–water partition coefficient (Wildman–Crippen LogP) is 0.944. The van der Waals surface area contributed by atoms with Gasteiger partial charge in [-0.25, -0.2) is 4.79 Å². The van der Waals surface area contributed by atoms with Crippen molar-refractivity contribution in [2.45, 2.75) is 25.3 Å². The monoisotopic (exact) mass is 296 g/mol. The molecule has 2 heterocycles. The molecule has 1 fully saturated rings. The van der Waals surface area contributed by atoms with Gasteiger partial charge in [-0.3, -0.25) is 9.59 Å². The first-order valence-corrected chi connectivity index (χ1v) is 7.36. The molecule has 1 saturated heterocycles. The molecule has 2 rings (SSSR count). The van der Waals surface area contributed by atoms with Gasteiger partial charge in [0.25, 0.3) is 5.91 Å². The van der Waals surface area contributed by atoms with E-state index in [9.17, 15) is 14.4 Å². The third-order valence-electron chi connectivity index (χ3n) is 3.27. The Morgan fingerprint density at radius 2 is 2.25 bits per heavy atom. The number of rotatable bonds is 5. The summed E-state index contributed by atoms with van der Waals surface area (Å²) >= 11 is 1.43. The van der Waals surface area contributed by atoms with Crippen molar-refractivity contribution < 1.29 is 19.5 Å². The van der Waals surface area contributed by atoms with Gasteiger partial charge >= 0.3 is 5.97 Å². The summed E-state index contributed by atoms with van der Waals surface area (Å²) in [4.78, 5) is 36.0. The van der Waals surface area contributed by atoms with Crippen LogP contribution in [-0.4, -0.2) is 46.9 Å². The van der Waals surface area contributed by atoms with E-state index in [2.05, 4.69) is 5.32 Å². The summed E-state index contributed by atoms with van der Waals surface area (Å²) in [6, 6.07) is 0.998. The van der Waals surface area contributed by atoms with Crippen LogP contribution in [0.5, 0.6) is 0 Å². The fraction of sp³-hybridized carbons (Fsp3) is 0.462. The van der Waals surface area contributed by atoms with Crippen LogP contribution >= 0.6 is 11.3 Å². The summed E-state index contributed by atoms with van der Waals surface area (Å²) in [5.74, 6) is -1.39. The maximum atomic E-state index is 11.9. The van der Waals surface area contributed by atoms with Gasteiger partial charge in [0.1, 0.15) is 6.04 Å². The Kier molecular flexibility index (Phi) is 4.73. The van der Waals surface area contributed by atoms with Crippen molar-refractivity contribution >= 4 is 29.1 Å². The van der Waals surface area contributed by atoms with Crippen LogP contribution < -0.4 is 5.32 Å². The highest BCUT2D eigenvalue weighted by Crippen LogP contribution is 2.18. The quantitative estimate of drug-likeness (QED) is 0.846. The smallest absolute Gasteiger partial charge is 0.326 e. The Bertz CT molecular complexity index is 500. The summed E-state index contributed by atoms with van der Waals surface area (Å²) in [6.07, 6.45) is 1.34. The summed E-state index contributed by atoms with van der Waals surface area (Å²) in [5.41, 5.74) is 0.576. The molecule has 1 aliphatic heterocycles. The van der Waals surface area contributed by atoms with E-state index in [0.29, 0.717) is 24.9 Å². The second-order valence-corrected chi connectivity index (χ2v) is 5.38. The average Bonchev–Trinajstić information content (AvgIpc) is 3.09. The molecular weight excluding hydrogens is 280 g/mol. The highest BCUT2D eigenvalue weighted by Gasteiger charge is 2.33. The zero-order valence-electron chi connectivity index (χ0n) is 10.9. The van der Waals surface area contributed by atoms with E-state index in [0.717, 1.165) is 0 Å². The van der Waals surface area contributed by atoms with Crippen molar-refractivity contribution in [3.05, 3.63) is 22.4 Å². The van der Waals surface area contributed by atoms with Gasteiger partial charge in [0, 0.05) is 30.5 Å². The second kappa shape index (κ2) is 6.51. The highest BCUT2D eigenvalue weighted by molar-refractivity contribution is 7.08. The largest absolute Gasteiger partial charge is 0.480 e. The summed E-state index contributed by atoms with van der Waals surface area (Å²) in [5, 5.41) is 15.2. The lowest BCUT2D eigenvalue weighted by molar-refractivity contribution is -0.148. The van der Waals surface area contributed by atoms with Gasteiger partial charge in [0.15, 0.2) is 0 Å². The standard InChI is InChI=1S/C13H16N2O4S/c16-11(15-6-1-2-10(15)13(18)19)3-5-14-12(17)9-4-7-20-8-9/h4,7-8,10H,1-3,5-6H2,(H,14,17)(H,18,19)/t10-/m1/s1. The van der Waals surface area contributed by atoms with E-state index >= 15 is 0 Å². The highest BCUT2D eigenvalue weighted by atomic mass is 32.1. The van der Waals surface area contributed by atoms with E-state index in [1.807, 2.05) is 5.38 Å². The van der Waals surface area contributed by atoms with Crippen LogP contribution in [0.15, 0.2) is 16.8 Å². The summed E-state index contributed by atoms with van der Waals surface area (Å²) in [6.45, 7) is 0.699. The Morgan fingerprint density at radius 1 is 1.45 bits per heavy atom. The molecule has 7 heteroatoms. The fourth-order valence-electron chi connectivity index (χ4n) is 2.24. The Morgan fingerprint density at radius 3 is 2.90 bits per heavy atom. The summed E-state index contributed by atoms with van der Waals surface area (Å²) in [7, 11) is 0. The Balaban J connectivity index is 1.78. The van der Waals surface area contributed by atoms with E-state index in [4.69, 9.17) is 5.11 Å². The minimum Gasteiger partial charge on any atom is -0.480 e. The molecule has 0 unspecified atom stereocenters. The van der Waals surface area contributed by atoms with Crippen molar-refractivity contribution in [3.63, 3.8) is 0 Å². The molecule has 0 aromatic carbocycles. The molecular formula is C13H16N2O4S. The number of nitrogens with one attached hydrogen (secondary N) is 1. The number of amides is 2. The zero-order chi connectivity index (χ0) is 14.5. The lowest BCUT2D eigenvalue weighted by atomic mass is 10.2. The van der Waals surface area contributed by atoms with Crippen LogP contribution in [0.3, 0.4) is 0 Å². The van der Waals surface area contributed by atoms with Crippen molar-refractivity contribution in [2.24, 2.45) is 0 Å². The van der Waals surface area contributed by atoms with Crippen LogP contribution in [-0.2, 0) is 9.59 Å². The normalized spacial score (nSPS) is 18.0. The molecule has 0 spiro atoms. The van der Waals surface area contributed by atoms with Crippen molar-refractivity contribution in [3.8, 4) is 0 Å². The number of nitrogens with zero attached hydrogens (tertiary/aromatic N) is 1. The molecule has 0 bridgehead atoms. The minimum absolute atomic E-state index is 0.125. The Hall–Kier alpha value is -1.89. The van der Waals surface area contributed by atoms with Crippen LogP contribution in [0.1, 0.15) is 29.6 Å². The van der Waals surface area contributed by atoms with E-state index in [1.54, 1.807) is 11.4 Å². The lowest BCUT2D eigenvalue weighted by Crippen LogP contribution is -2.41. The van der Waals surface area contributed by atoms with Gasteiger partial charge < -0.3 is 15.3 Å². The number of hydrogen-bond acceptors (Lipinski definition) is 4. The van der Waals surface area contributed by atoms with Crippen molar-refractivity contribution in [1.82, 2.24) is 10.2 Å². The molecule has 1 aromatic heterocycles. The number of thiophene rings is 1. The first-order valence-electron chi connectivity index (χ1n) is 6.42. The van der Waals surface area contributed by atoms with E-state index in [1.165, 1.54) is 16.2 Å². The number of carboxylic acids is 1. The van der Waals surface area contributed by atoms with Crippen molar-refractivity contribution in [2.75, 3.05) is 13.1 Å². The van der Waals surface area contributed by atoms with Gasteiger partial charge in [-0.1, -0.05) is 0 Å². The molecule has 2 amide bonds.